The molecule has 1 atom stereocenters. The molecule has 18 heavy (non-hydrogen) atoms. The molecule has 1 aromatic rings. The zero-order valence-electron chi connectivity index (χ0n) is 11.0. The summed E-state index contributed by atoms with van der Waals surface area (Å²) < 4.78 is 18.0. The van der Waals surface area contributed by atoms with Gasteiger partial charge in [0.25, 0.3) is 0 Å². The van der Waals surface area contributed by atoms with E-state index in [4.69, 9.17) is 10.5 Å². The van der Waals surface area contributed by atoms with Crippen molar-refractivity contribution < 1.29 is 9.13 Å². The minimum Gasteiger partial charge on any atom is -0.383 e. The van der Waals surface area contributed by atoms with Crippen molar-refractivity contribution in [3.05, 3.63) is 35.1 Å². The predicted molar refractivity (Wildman–Crippen MR) is 70.9 cm³/mol. The van der Waals surface area contributed by atoms with Gasteiger partial charge in [-0.2, -0.15) is 0 Å². The average Bonchev–Trinajstić information content (AvgIpc) is 2.31. The molecule has 0 saturated heterocycles. The fourth-order valence-corrected chi connectivity index (χ4v) is 1.57. The molecule has 0 spiro atoms. The SMILES string of the molecule is COCC(C)NC(N)=NCc1ccc(F)c(C)c1. The van der Waals surface area contributed by atoms with E-state index in [9.17, 15) is 4.39 Å². The highest BCUT2D eigenvalue weighted by atomic mass is 19.1. The van der Waals surface area contributed by atoms with Gasteiger partial charge < -0.3 is 15.8 Å². The topological polar surface area (TPSA) is 59.6 Å². The standard InChI is InChI=1S/C13H20FN3O/c1-9-6-11(4-5-12(9)14)7-16-13(15)17-10(2)8-18-3/h4-6,10H,7-8H2,1-3H3,(H3,15,16,17). The molecule has 4 nitrogen and oxygen atoms in total. The number of rotatable bonds is 5. The Labute approximate surface area is 107 Å². The van der Waals surface area contributed by atoms with Crippen molar-refractivity contribution in [3.63, 3.8) is 0 Å². The van der Waals surface area contributed by atoms with E-state index < -0.39 is 0 Å². The number of nitrogens with two attached hydrogens (primary N) is 1. The molecule has 0 radical (unpaired) electrons. The third-order valence-electron chi connectivity index (χ3n) is 2.47. The van der Waals surface area contributed by atoms with Gasteiger partial charge >= 0.3 is 0 Å². The van der Waals surface area contributed by atoms with Gasteiger partial charge in [-0.25, -0.2) is 9.38 Å². The first kappa shape index (κ1) is 14.4. The van der Waals surface area contributed by atoms with Crippen LogP contribution in [0, 0.1) is 12.7 Å². The van der Waals surface area contributed by atoms with Gasteiger partial charge in [0.2, 0.25) is 0 Å². The summed E-state index contributed by atoms with van der Waals surface area (Å²) >= 11 is 0. The van der Waals surface area contributed by atoms with Crippen molar-refractivity contribution in [1.82, 2.24) is 5.32 Å². The van der Waals surface area contributed by atoms with Crippen molar-refractivity contribution >= 4 is 5.96 Å². The number of nitrogens with one attached hydrogen (secondary N) is 1. The summed E-state index contributed by atoms with van der Waals surface area (Å²) in [4.78, 5) is 4.19. The first-order valence-electron chi connectivity index (χ1n) is 5.83. The molecule has 0 bridgehead atoms. The van der Waals surface area contributed by atoms with Gasteiger partial charge in [-0.1, -0.05) is 12.1 Å². The summed E-state index contributed by atoms with van der Waals surface area (Å²) in [6, 6.07) is 5.02. The quantitative estimate of drug-likeness (QED) is 0.618. The van der Waals surface area contributed by atoms with E-state index in [2.05, 4.69) is 10.3 Å². The smallest absolute Gasteiger partial charge is 0.189 e. The Hall–Kier alpha value is -1.62. The second kappa shape index (κ2) is 6.96. The number of aryl methyl sites for hydroxylation is 1. The second-order valence-corrected chi connectivity index (χ2v) is 4.29. The lowest BCUT2D eigenvalue weighted by Crippen LogP contribution is -2.40. The van der Waals surface area contributed by atoms with E-state index in [-0.39, 0.29) is 11.9 Å². The number of guanidine groups is 1. The molecule has 5 heteroatoms. The molecule has 100 valence electrons. The number of hydrogen-bond acceptors (Lipinski definition) is 2. The Bertz CT molecular complexity index is 421. The van der Waals surface area contributed by atoms with Crippen LogP contribution >= 0.6 is 0 Å². The van der Waals surface area contributed by atoms with Crippen molar-refractivity contribution in [3.8, 4) is 0 Å². The van der Waals surface area contributed by atoms with E-state index in [0.29, 0.717) is 24.7 Å². The van der Waals surface area contributed by atoms with Crippen molar-refractivity contribution in [2.75, 3.05) is 13.7 Å². The Morgan fingerprint density at radius 2 is 2.28 bits per heavy atom. The molecule has 0 aromatic heterocycles. The monoisotopic (exact) mass is 253 g/mol. The highest BCUT2D eigenvalue weighted by molar-refractivity contribution is 5.78. The lowest BCUT2D eigenvalue weighted by Gasteiger charge is -2.13. The molecule has 1 unspecified atom stereocenters. The fraction of sp³-hybridized carbons (Fsp3) is 0.462. The summed E-state index contributed by atoms with van der Waals surface area (Å²) in [6.07, 6.45) is 0. The average molecular weight is 253 g/mol. The number of ether oxygens (including phenoxy) is 1. The van der Waals surface area contributed by atoms with Gasteiger partial charge in [0.1, 0.15) is 5.82 Å². The lowest BCUT2D eigenvalue weighted by molar-refractivity contribution is 0.179. The molecular formula is C13H20FN3O. The van der Waals surface area contributed by atoms with E-state index in [1.807, 2.05) is 6.92 Å². The van der Waals surface area contributed by atoms with Gasteiger partial charge in [0.15, 0.2) is 5.96 Å². The third kappa shape index (κ3) is 4.71. The normalized spacial score (nSPS) is 13.4. The Morgan fingerprint density at radius 1 is 1.56 bits per heavy atom. The largest absolute Gasteiger partial charge is 0.383 e. The number of nitrogens with zero attached hydrogens (tertiary/aromatic N) is 1. The van der Waals surface area contributed by atoms with Crippen LogP contribution < -0.4 is 11.1 Å². The zero-order chi connectivity index (χ0) is 13.5. The molecule has 1 rings (SSSR count). The van der Waals surface area contributed by atoms with Crippen LogP contribution in [-0.4, -0.2) is 25.7 Å². The van der Waals surface area contributed by atoms with Crippen molar-refractivity contribution in [2.45, 2.75) is 26.4 Å². The Morgan fingerprint density at radius 3 is 2.89 bits per heavy atom. The number of halogens is 1. The Balaban J connectivity index is 2.54. The molecule has 3 N–H and O–H groups in total. The maximum absolute atomic E-state index is 13.1. The summed E-state index contributed by atoms with van der Waals surface area (Å²) in [5.41, 5.74) is 7.27. The first-order valence-corrected chi connectivity index (χ1v) is 5.83. The summed E-state index contributed by atoms with van der Waals surface area (Å²) in [5, 5.41) is 3.01. The maximum Gasteiger partial charge on any atom is 0.189 e. The maximum atomic E-state index is 13.1. The number of aliphatic imine (C=N–C) groups is 1. The van der Waals surface area contributed by atoms with Gasteiger partial charge in [-0.15, -0.1) is 0 Å². The molecule has 0 saturated carbocycles. The van der Waals surface area contributed by atoms with Crippen molar-refractivity contribution in [1.29, 1.82) is 0 Å². The van der Waals surface area contributed by atoms with Gasteiger partial charge in [-0.3, -0.25) is 0 Å². The van der Waals surface area contributed by atoms with Crippen LogP contribution in [0.2, 0.25) is 0 Å². The number of methoxy groups -OCH3 is 1. The highest BCUT2D eigenvalue weighted by Gasteiger charge is 2.02. The molecule has 0 fully saturated rings. The summed E-state index contributed by atoms with van der Waals surface area (Å²) in [6.45, 7) is 4.67. The summed E-state index contributed by atoms with van der Waals surface area (Å²) in [5.74, 6) is 0.157. The van der Waals surface area contributed by atoms with Crippen LogP contribution in [0.15, 0.2) is 23.2 Å². The van der Waals surface area contributed by atoms with E-state index in [1.54, 1.807) is 26.2 Å². The zero-order valence-corrected chi connectivity index (χ0v) is 11.0. The fourth-order valence-electron chi connectivity index (χ4n) is 1.57. The molecule has 0 amide bonds. The van der Waals surface area contributed by atoms with Crippen LogP contribution in [0.3, 0.4) is 0 Å². The van der Waals surface area contributed by atoms with Gasteiger partial charge in [0, 0.05) is 13.2 Å². The van der Waals surface area contributed by atoms with E-state index >= 15 is 0 Å². The molecule has 1 aromatic carbocycles. The van der Waals surface area contributed by atoms with Crippen molar-refractivity contribution in [2.24, 2.45) is 10.7 Å². The number of hydrogen-bond donors (Lipinski definition) is 2. The van der Waals surface area contributed by atoms with E-state index in [1.165, 1.54) is 6.07 Å². The van der Waals surface area contributed by atoms with Crippen LogP contribution in [0.5, 0.6) is 0 Å². The van der Waals surface area contributed by atoms with Crippen LogP contribution in [0.1, 0.15) is 18.1 Å². The summed E-state index contributed by atoms with van der Waals surface area (Å²) in [7, 11) is 1.63. The predicted octanol–water partition coefficient (Wildman–Crippen LogP) is 1.57. The van der Waals surface area contributed by atoms with Gasteiger partial charge in [0.05, 0.1) is 13.2 Å². The van der Waals surface area contributed by atoms with E-state index in [0.717, 1.165) is 5.56 Å². The first-order chi connectivity index (χ1) is 8.52. The molecule has 0 aliphatic rings. The molecule has 0 heterocycles. The minimum atomic E-state index is -0.206. The lowest BCUT2D eigenvalue weighted by atomic mass is 10.1. The highest BCUT2D eigenvalue weighted by Crippen LogP contribution is 2.09. The molecular weight excluding hydrogens is 233 g/mol. The molecule has 0 aliphatic heterocycles. The van der Waals surface area contributed by atoms with Crippen LogP contribution in [-0.2, 0) is 11.3 Å². The minimum absolute atomic E-state index is 0.105. The van der Waals surface area contributed by atoms with Crippen LogP contribution in [0.4, 0.5) is 4.39 Å². The number of benzene rings is 1. The second-order valence-electron chi connectivity index (χ2n) is 4.29. The molecule has 0 aliphatic carbocycles. The Kier molecular flexibility index (Phi) is 5.58. The van der Waals surface area contributed by atoms with Crippen LogP contribution in [0.25, 0.3) is 0 Å². The van der Waals surface area contributed by atoms with Gasteiger partial charge in [-0.05, 0) is 31.0 Å². The third-order valence-corrected chi connectivity index (χ3v) is 2.47.